The molecule has 2 aliphatic heterocycles. The molecular weight excluding hydrogens is 326 g/mol. The lowest BCUT2D eigenvalue weighted by Crippen LogP contribution is -2.47. The van der Waals surface area contributed by atoms with E-state index in [1.165, 1.54) is 12.0 Å². The van der Waals surface area contributed by atoms with E-state index in [4.69, 9.17) is 0 Å². The molecular formula is C21H31N3O2. The largest absolute Gasteiger partial charge is 0.342 e. The fourth-order valence-corrected chi connectivity index (χ4v) is 4.05. The molecule has 0 aliphatic carbocycles. The molecule has 2 saturated heterocycles. The number of hydrogen-bond acceptors (Lipinski definition) is 2. The number of anilines is 1. The fourth-order valence-electron chi connectivity index (χ4n) is 4.05. The summed E-state index contributed by atoms with van der Waals surface area (Å²) in [5.41, 5.74) is 2.05. The zero-order valence-corrected chi connectivity index (χ0v) is 16.0. The molecule has 5 heteroatoms. The molecule has 0 saturated carbocycles. The van der Waals surface area contributed by atoms with E-state index in [9.17, 15) is 9.59 Å². The summed E-state index contributed by atoms with van der Waals surface area (Å²) >= 11 is 0. The first-order valence-electron chi connectivity index (χ1n) is 10.0. The Kier molecular flexibility index (Phi) is 6.17. The Balaban J connectivity index is 1.49. The van der Waals surface area contributed by atoms with Crippen molar-refractivity contribution in [2.24, 2.45) is 11.8 Å². The fraction of sp³-hybridized carbons (Fsp3) is 0.619. The van der Waals surface area contributed by atoms with Gasteiger partial charge in [-0.1, -0.05) is 26.0 Å². The van der Waals surface area contributed by atoms with E-state index in [1.807, 2.05) is 28.0 Å². The summed E-state index contributed by atoms with van der Waals surface area (Å²) in [7, 11) is 0. The molecule has 1 atom stereocenters. The van der Waals surface area contributed by atoms with Crippen molar-refractivity contribution >= 4 is 17.6 Å². The summed E-state index contributed by atoms with van der Waals surface area (Å²) in [4.78, 5) is 29.1. The van der Waals surface area contributed by atoms with Gasteiger partial charge < -0.3 is 15.1 Å². The maximum Gasteiger partial charge on any atom is 0.321 e. The van der Waals surface area contributed by atoms with Crippen LogP contribution in [-0.4, -0.2) is 47.9 Å². The number of carbonyl (C=O) groups is 2. The van der Waals surface area contributed by atoms with Crippen LogP contribution in [0.1, 0.15) is 45.1 Å². The predicted octanol–water partition coefficient (Wildman–Crippen LogP) is 3.75. The number of likely N-dealkylation sites (tertiary alicyclic amines) is 2. The highest BCUT2D eigenvalue weighted by Gasteiger charge is 2.31. The van der Waals surface area contributed by atoms with E-state index in [0.29, 0.717) is 24.9 Å². The molecule has 2 heterocycles. The minimum atomic E-state index is -0.0595. The second-order valence-corrected chi connectivity index (χ2v) is 7.78. The smallest absolute Gasteiger partial charge is 0.321 e. The highest BCUT2D eigenvalue weighted by molar-refractivity contribution is 5.89. The number of nitrogens with zero attached hydrogens (tertiary/aromatic N) is 2. The maximum atomic E-state index is 12.7. The van der Waals surface area contributed by atoms with Crippen LogP contribution in [0, 0.1) is 11.8 Å². The zero-order chi connectivity index (χ0) is 18.5. The van der Waals surface area contributed by atoms with Crippen molar-refractivity contribution in [2.45, 2.75) is 46.0 Å². The number of rotatable bonds is 3. The Morgan fingerprint density at radius 1 is 1.12 bits per heavy atom. The zero-order valence-electron chi connectivity index (χ0n) is 16.0. The number of carbonyl (C=O) groups excluding carboxylic acids is 2. The second-order valence-electron chi connectivity index (χ2n) is 7.78. The van der Waals surface area contributed by atoms with Crippen LogP contribution in [0.3, 0.4) is 0 Å². The SMILES string of the molecule is CCc1cccc(NC(=O)N2CCC(C(=O)N3CCCC(C)C3)CC2)c1. The summed E-state index contributed by atoms with van der Waals surface area (Å²) in [6.45, 7) is 7.43. The number of aryl methyl sites for hydroxylation is 1. The minimum absolute atomic E-state index is 0.0595. The lowest BCUT2D eigenvalue weighted by molar-refractivity contribution is -0.138. The van der Waals surface area contributed by atoms with Gasteiger partial charge in [0, 0.05) is 37.8 Å². The Hall–Kier alpha value is -2.04. The van der Waals surface area contributed by atoms with Gasteiger partial charge in [0.2, 0.25) is 5.91 Å². The summed E-state index contributed by atoms with van der Waals surface area (Å²) < 4.78 is 0. The number of hydrogen-bond donors (Lipinski definition) is 1. The molecule has 1 aromatic carbocycles. The molecule has 142 valence electrons. The molecule has 0 spiro atoms. The van der Waals surface area contributed by atoms with Crippen molar-refractivity contribution in [1.82, 2.24) is 9.80 Å². The molecule has 2 fully saturated rings. The van der Waals surface area contributed by atoms with Crippen LogP contribution in [0.15, 0.2) is 24.3 Å². The van der Waals surface area contributed by atoms with E-state index in [2.05, 4.69) is 25.2 Å². The number of urea groups is 1. The first-order chi connectivity index (χ1) is 12.6. The number of piperidine rings is 2. The van der Waals surface area contributed by atoms with Crippen molar-refractivity contribution in [1.29, 1.82) is 0 Å². The van der Waals surface area contributed by atoms with Crippen molar-refractivity contribution in [3.05, 3.63) is 29.8 Å². The maximum absolute atomic E-state index is 12.7. The molecule has 1 N–H and O–H groups in total. The van der Waals surface area contributed by atoms with Crippen molar-refractivity contribution in [3.8, 4) is 0 Å². The monoisotopic (exact) mass is 357 g/mol. The third-order valence-electron chi connectivity index (χ3n) is 5.69. The first kappa shape index (κ1) is 18.7. The lowest BCUT2D eigenvalue weighted by Gasteiger charge is -2.37. The molecule has 0 bridgehead atoms. The first-order valence-corrected chi connectivity index (χ1v) is 10.0. The van der Waals surface area contributed by atoms with Gasteiger partial charge in [-0.25, -0.2) is 4.79 Å². The van der Waals surface area contributed by atoms with E-state index >= 15 is 0 Å². The van der Waals surface area contributed by atoms with Crippen molar-refractivity contribution < 1.29 is 9.59 Å². The second kappa shape index (κ2) is 8.56. The predicted molar refractivity (Wildman–Crippen MR) is 104 cm³/mol. The highest BCUT2D eigenvalue weighted by atomic mass is 16.2. The Morgan fingerprint density at radius 2 is 1.88 bits per heavy atom. The quantitative estimate of drug-likeness (QED) is 0.896. The topological polar surface area (TPSA) is 52.7 Å². The average molecular weight is 357 g/mol. The van der Waals surface area contributed by atoms with Crippen LogP contribution < -0.4 is 5.32 Å². The van der Waals surface area contributed by atoms with E-state index in [1.54, 1.807) is 0 Å². The van der Waals surface area contributed by atoms with Gasteiger partial charge in [0.1, 0.15) is 0 Å². The van der Waals surface area contributed by atoms with Crippen LogP contribution in [0.2, 0.25) is 0 Å². The average Bonchev–Trinajstić information content (AvgIpc) is 2.67. The number of benzene rings is 1. The van der Waals surface area contributed by atoms with Gasteiger partial charge in [0.25, 0.3) is 0 Å². The lowest BCUT2D eigenvalue weighted by atomic mass is 9.93. The minimum Gasteiger partial charge on any atom is -0.342 e. The third kappa shape index (κ3) is 4.57. The highest BCUT2D eigenvalue weighted by Crippen LogP contribution is 2.24. The van der Waals surface area contributed by atoms with E-state index in [-0.39, 0.29) is 11.9 Å². The Morgan fingerprint density at radius 3 is 2.58 bits per heavy atom. The van der Waals surface area contributed by atoms with E-state index < -0.39 is 0 Å². The molecule has 26 heavy (non-hydrogen) atoms. The molecule has 0 radical (unpaired) electrons. The van der Waals surface area contributed by atoms with Gasteiger partial charge >= 0.3 is 6.03 Å². The van der Waals surface area contributed by atoms with Gasteiger partial charge in [0.05, 0.1) is 0 Å². The third-order valence-corrected chi connectivity index (χ3v) is 5.69. The normalized spacial score (nSPS) is 21.5. The molecule has 1 aromatic rings. The molecule has 5 nitrogen and oxygen atoms in total. The van der Waals surface area contributed by atoms with Gasteiger partial charge in [0.15, 0.2) is 0 Å². The molecule has 3 rings (SSSR count). The summed E-state index contributed by atoms with van der Waals surface area (Å²) in [6.07, 6.45) is 4.83. The van der Waals surface area contributed by atoms with Gasteiger partial charge in [-0.2, -0.15) is 0 Å². The van der Waals surface area contributed by atoms with Crippen LogP contribution in [0.4, 0.5) is 10.5 Å². The standard InChI is InChI=1S/C21H31N3O2/c1-3-17-7-4-8-19(14-17)22-21(26)23-12-9-18(10-13-23)20(25)24-11-5-6-16(2)15-24/h4,7-8,14,16,18H,3,5-6,9-13,15H2,1-2H3,(H,22,26). The molecule has 2 aliphatic rings. The summed E-state index contributed by atoms with van der Waals surface area (Å²) in [5.74, 6) is 0.984. The Bertz CT molecular complexity index is 638. The van der Waals surface area contributed by atoms with Crippen LogP contribution in [-0.2, 0) is 11.2 Å². The molecule has 3 amide bonds. The Labute approximate surface area is 156 Å². The van der Waals surface area contributed by atoms with Crippen LogP contribution in [0.5, 0.6) is 0 Å². The van der Waals surface area contributed by atoms with Gasteiger partial charge in [-0.05, 0) is 55.7 Å². The van der Waals surface area contributed by atoms with Crippen LogP contribution in [0.25, 0.3) is 0 Å². The number of nitrogens with one attached hydrogen (secondary N) is 1. The van der Waals surface area contributed by atoms with Crippen molar-refractivity contribution in [3.63, 3.8) is 0 Å². The van der Waals surface area contributed by atoms with Gasteiger partial charge in [-0.15, -0.1) is 0 Å². The summed E-state index contributed by atoms with van der Waals surface area (Å²) in [6, 6.07) is 7.92. The number of amides is 3. The van der Waals surface area contributed by atoms with Crippen molar-refractivity contribution in [2.75, 3.05) is 31.5 Å². The molecule has 0 aromatic heterocycles. The van der Waals surface area contributed by atoms with Gasteiger partial charge in [-0.3, -0.25) is 4.79 Å². The summed E-state index contributed by atoms with van der Waals surface area (Å²) in [5, 5.41) is 2.99. The molecule has 1 unspecified atom stereocenters. The van der Waals surface area contributed by atoms with Crippen LogP contribution >= 0.6 is 0 Å². The van der Waals surface area contributed by atoms with E-state index in [0.717, 1.165) is 44.5 Å².